The van der Waals surface area contributed by atoms with Crippen LogP contribution in [0.15, 0.2) is 41.5 Å². The molecule has 1 aliphatic heterocycles. The van der Waals surface area contributed by atoms with Crippen molar-refractivity contribution < 1.29 is 9.84 Å². The minimum Gasteiger partial charge on any atom is -0.396 e. The molecule has 0 aliphatic carbocycles. The van der Waals surface area contributed by atoms with E-state index in [1.165, 1.54) is 10.9 Å². The number of benzene rings is 1. The first-order valence-corrected chi connectivity index (χ1v) is 9.80. The summed E-state index contributed by atoms with van der Waals surface area (Å²) < 4.78 is 5.56. The molecule has 0 amide bonds. The van der Waals surface area contributed by atoms with Crippen molar-refractivity contribution in [3.05, 3.63) is 42.1 Å². The maximum atomic E-state index is 9.37. The fourth-order valence-electron chi connectivity index (χ4n) is 3.56. The first-order valence-electron chi connectivity index (χ1n) is 9.80. The van der Waals surface area contributed by atoms with Gasteiger partial charge in [0.05, 0.1) is 18.7 Å². The number of fused-ring (bicyclic) bond motifs is 1. The molecule has 2 heterocycles. The molecule has 2 aromatic rings. The van der Waals surface area contributed by atoms with Crippen LogP contribution >= 0.6 is 0 Å². The third kappa shape index (κ3) is 5.17. The van der Waals surface area contributed by atoms with Gasteiger partial charge in [-0.1, -0.05) is 24.3 Å². The molecule has 6 nitrogen and oxygen atoms in total. The Kier molecular flexibility index (Phi) is 7.01. The molecule has 146 valence electrons. The van der Waals surface area contributed by atoms with E-state index < -0.39 is 0 Å². The van der Waals surface area contributed by atoms with E-state index in [-0.39, 0.29) is 12.0 Å². The highest BCUT2D eigenvalue weighted by molar-refractivity contribution is 5.82. The van der Waals surface area contributed by atoms with Gasteiger partial charge in [0.25, 0.3) is 0 Å². The number of para-hydroxylation sites is 1. The number of nitrogens with zero attached hydrogens (tertiary/aromatic N) is 2. The van der Waals surface area contributed by atoms with Gasteiger partial charge < -0.3 is 20.5 Å². The number of aliphatic hydroxyl groups excluding tert-OH is 1. The van der Waals surface area contributed by atoms with Gasteiger partial charge in [0.15, 0.2) is 5.96 Å². The van der Waals surface area contributed by atoms with Crippen LogP contribution in [0.5, 0.6) is 0 Å². The zero-order valence-electron chi connectivity index (χ0n) is 16.1. The highest BCUT2D eigenvalue weighted by Gasteiger charge is 2.34. The SMILES string of the molecule is CCNC(=NCC1(CCO)CCOC1)NCCc1cccc2cccnc12. The van der Waals surface area contributed by atoms with Crippen molar-refractivity contribution >= 4 is 16.9 Å². The zero-order valence-corrected chi connectivity index (χ0v) is 16.1. The summed E-state index contributed by atoms with van der Waals surface area (Å²) in [5.41, 5.74) is 2.27. The molecule has 27 heavy (non-hydrogen) atoms. The summed E-state index contributed by atoms with van der Waals surface area (Å²) in [6, 6.07) is 10.4. The lowest BCUT2D eigenvalue weighted by molar-refractivity contribution is 0.131. The lowest BCUT2D eigenvalue weighted by Crippen LogP contribution is -2.39. The van der Waals surface area contributed by atoms with Gasteiger partial charge in [-0.25, -0.2) is 0 Å². The zero-order chi connectivity index (χ0) is 19.0. The van der Waals surface area contributed by atoms with Gasteiger partial charge in [0, 0.05) is 43.3 Å². The summed E-state index contributed by atoms with van der Waals surface area (Å²) in [6.07, 6.45) is 4.41. The Morgan fingerprint density at radius 2 is 2.19 bits per heavy atom. The molecule has 0 spiro atoms. The second-order valence-electron chi connectivity index (χ2n) is 7.14. The number of hydrogen-bond acceptors (Lipinski definition) is 4. The molecule has 0 saturated carbocycles. The maximum Gasteiger partial charge on any atom is 0.191 e. The Bertz CT molecular complexity index is 751. The average Bonchev–Trinajstić information content (AvgIpc) is 3.15. The Morgan fingerprint density at radius 3 is 2.96 bits per heavy atom. The number of guanidine groups is 1. The minimum absolute atomic E-state index is 0.0311. The van der Waals surface area contributed by atoms with Crippen LogP contribution in [-0.2, 0) is 11.2 Å². The monoisotopic (exact) mass is 370 g/mol. The van der Waals surface area contributed by atoms with E-state index in [9.17, 15) is 5.11 Å². The van der Waals surface area contributed by atoms with Gasteiger partial charge in [0.2, 0.25) is 0 Å². The number of pyridine rings is 1. The van der Waals surface area contributed by atoms with Crippen LogP contribution < -0.4 is 10.6 Å². The van der Waals surface area contributed by atoms with Crippen molar-refractivity contribution in [2.24, 2.45) is 10.4 Å². The third-order valence-electron chi connectivity index (χ3n) is 5.15. The molecule has 1 aromatic carbocycles. The van der Waals surface area contributed by atoms with Crippen molar-refractivity contribution in [1.82, 2.24) is 15.6 Å². The molecule has 3 N–H and O–H groups in total. The molecule has 1 fully saturated rings. The van der Waals surface area contributed by atoms with Crippen LogP contribution in [0.4, 0.5) is 0 Å². The number of hydrogen-bond donors (Lipinski definition) is 3. The fourth-order valence-corrected chi connectivity index (χ4v) is 3.56. The topological polar surface area (TPSA) is 78.8 Å². The summed E-state index contributed by atoms with van der Waals surface area (Å²) in [6.45, 7) is 5.94. The number of ether oxygens (including phenoxy) is 1. The van der Waals surface area contributed by atoms with Gasteiger partial charge in [-0.15, -0.1) is 0 Å². The molecule has 1 aliphatic rings. The molecule has 1 aromatic heterocycles. The van der Waals surface area contributed by atoms with E-state index in [2.05, 4.69) is 46.8 Å². The lowest BCUT2D eigenvalue weighted by Gasteiger charge is -2.24. The van der Waals surface area contributed by atoms with E-state index in [1.807, 2.05) is 12.3 Å². The van der Waals surface area contributed by atoms with Gasteiger partial charge in [-0.05, 0) is 37.8 Å². The van der Waals surface area contributed by atoms with Crippen LogP contribution in [-0.4, -0.2) is 55.5 Å². The number of aliphatic imine (C=N–C) groups is 1. The molecule has 0 radical (unpaired) electrons. The van der Waals surface area contributed by atoms with Gasteiger partial charge in [-0.2, -0.15) is 0 Å². The second-order valence-corrected chi connectivity index (χ2v) is 7.14. The van der Waals surface area contributed by atoms with Crippen LogP contribution in [0.2, 0.25) is 0 Å². The van der Waals surface area contributed by atoms with E-state index in [1.54, 1.807) is 0 Å². The number of nitrogens with one attached hydrogen (secondary N) is 2. The summed E-state index contributed by atoms with van der Waals surface area (Å²) in [5, 5.41) is 17.3. The molecule has 0 bridgehead atoms. The maximum absolute atomic E-state index is 9.37. The predicted octanol–water partition coefficient (Wildman–Crippen LogP) is 2.12. The van der Waals surface area contributed by atoms with Gasteiger partial charge in [-0.3, -0.25) is 9.98 Å². The van der Waals surface area contributed by atoms with Gasteiger partial charge in [0.1, 0.15) is 0 Å². The first kappa shape index (κ1) is 19.6. The standard InChI is InChI=1S/C21H30N4O2/c1-2-22-20(25-15-21(9-13-26)10-14-27-16-21)24-12-8-18-6-3-5-17-7-4-11-23-19(17)18/h3-7,11,26H,2,8-10,12-16H2,1H3,(H2,22,24,25). The van der Waals surface area contributed by atoms with Crippen molar-refractivity contribution in [3.8, 4) is 0 Å². The first-order chi connectivity index (χ1) is 13.3. The average molecular weight is 370 g/mol. The third-order valence-corrected chi connectivity index (χ3v) is 5.15. The van der Waals surface area contributed by atoms with Crippen molar-refractivity contribution in [2.45, 2.75) is 26.2 Å². The Morgan fingerprint density at radius 1 is 1.30 bits per heavy atom. The van der Waals surface area contributed by atoms with E-state index >= 15 is 0 Å². The Balaban J connectivity index is 1.61. The van der Waals surface area contributed by atoms with Crippen LogP contribution in [0.25, 0.3) is 10.9 Å². The molecule has 1 unspecified atom stereocenters. The molecule has 3 rings (SSSR count). The molecule has 1 atom stereocenters. The van der Waals surface area contributed by atoms with Crippen LogP contribution in [0, 0.1) is 5.41 Å². The van der Waals surface area contributed by atoms with Crippen LogP contribution in [0.3, 0.4) is 0 Å². The largest absolute Gasteiger partial charge is 0.396 e. The predicted molar refractivity (Wildman–Crippen MR) is 109 cm³/mol. The summed E-state index contributed by atoms with van der Waals surface area (Å²) in [5.74, 6) is 0.815. The van der Waals surface area contributed by atoms with Crippen molar-refractivity contribution in [1.29, 1.82) is 0 Å². The van der Waals surface area contributed by atoms with Crippen LogP contribution in [0.1, 0.15) is 25.3 Å². The fraction of sp³-hybridized carbons (Fsp3) is 0.524. The minimum atomic E-state index is -0.0311. The summed E-state index contributed by atoms with van der Waals surface area (Å²) in [4.78, 5) is 9.29. The molecular formula is C21H30N4O2. The smallest absolute Gasteiger partial charge is 0.191 e. The van der Waals surface area contributed by atoms with Gasteiger partial charge >= 0.3 is 0 Å². The number of aliphatic hydroxyl groups is 1. The molecule has 1 saturated heterocycles. The van der Waals surface area contributed by atoms with Crippen molar-refractivity contribution in [3.63, 3.8) is 0 Å². The second kappa shape index (κ2) is 9.67. The summed E-state index contributed by atoms with van der Waals surface area (Å²) >= 11 is 0. The van der Waals surface area contributed by atoms with E-state index in [4.69, 9.17) is 9.73 Å². The normalized spacial score (nSPS) is 20.1. The Hall–Kier alpha value is -2.18. The number of aromatic nitrogens is 1. The van der Waals surface area contributed by atoms with Crippen molar-refractivity contribution in [2.75, 3.05) is 39.5 Å². The number of rotatable bonds is 8. The molecular weight excluding hydrogens is 340 g/mol. The molecule has 6 heteroatoms. The quantitative estimate of drug-likeness (QED) is 0.490. The highest BCUT2D eigenvalue weighted by atomic mass is 16.5. The van der Waals surface area contributed by atoms with E-state index in [0.717, 1.165) is 50.4 Å². The Labute approximate surface area is 161 Å². The highest BCUT2D eigenvalue weighted by Crippen LogP contribution is 2.32. The van der Waals surface area contributed by atoms with E-state index in [0.29, 0.717) is 13.2 Å². The summed E-state index contributed by atoms with van der Waals surface area (Å²) in [7, 11) is 0. The lowest BCUT2D eigenvalue weighted by atomic mass is 9.84.